The summed E-state index contributed by atoms with van der Waals surface area (Å²) in [7, 11) is 0. The Hall–Kier alpha value is -2.41. The number of anilines is 2. The zero-order valence-electron chi connectivity index (χ0n) is 16.9. The number of carbonyl (C=O) groups excluding carboxylic acids is 1. The maximum atomic E-state index is 12.6. The van der Waals surface area contributed by atoms with Crippen molar-refractivity contribution in [2.75, 3.05) is 55.7 Å². The largest absolute Gasteiger partial charge is 0.378 e. The van der Waals surface area contributed by atoms with Crippen LogP contribution in [-0.2, 0) is 9.53 Å². The van der Waals surface area contributed by atoms with Gasteiger partial charge in [0.1, 0.15) is 12.1 Å². The van der Waals surface area contributed by atoms with Crippen LogP contribution in [0.5, 0.6) is 0 Å². The predicted octanol–water partition coefficient (Wildman–Crippen LogP) is 2.45. The van der Waals surface area contributed by atoms with E-state index in [1.54, 1.807) is 6.33 Å². The molecule has 3 saturated heterocycles. The minimum Gasteiger partial charge on any atom is -0.378 e. The Morgan fingerprint density at radius 2 is 1.83 bits per heavy atom. The predicted molar refractivity (Wildman–Crippen MR) is 113 cm³/mol. The number of nitrogens with zero attached hydrogens (tertiary/aromatic N) is 5. The van der Waals surface area contributed by atoms with Crippen LogP contribution in [0, 0.1) is 0 Å². The van der Waals surface area contributed by atoms with Crippen molar-refractivity contribution in [3.63, 3.8) is 0 Å². The Bertz CT molecular complexity index is 869. The first-order chi connectivity index (χ1) is 14.3. The molecule has 1 atom stereocenters. The second-order valence-electron chi connectivity index (χ2n) is 8.30. The van der Waals surface area contributed by atoms with E-state index in [9.17, 15) is 4.79 Å². The van der Waals surface area contributed by atoms with Crippen molar-refractivity contribution in [2.24, 2.45) is 0 Å². The highest BCUT2D eigenvalue weighted by molar-refractivity contribution is 5.92. The zero-order chi connectivity index (χ0) is 19.6. The Balaban J connectivity index is 1.28. The zero-order valence-corrected chi connectivity index (χ0v) is 16.9. The molecule has 5 rings (SSSR count). The SMILES string of the molecule is O=C(CC1CCCO1)N1CCN(c2ccc3ncnc(N4CCCC4)c3c2)CC1. The van der Waals surface area contributed by atoms with Crippen LogP contribution in [-0.4, -0.2) is 72.8 Å². The molecule has 0 bridgehead atoms. The standard InChI is InChI=1S/C22H29N5O2/c28-21(15-18-4-3-13-29-18)26-11-9-25(10-12-26)17-5-6-20-19(14-17)22(24-16-23-20)27-7-1-2-8-27/h5-6,14,16,18H,1-4,7-13,15H2. The van der Waals surface area contributed by atoms with Crippen LogP contribution < -0.4 is 9.80 Å². The Kier molecular flexibility index (Phi) is 5.23. The number of rotatable bonds is 4. The fraction of sp³-hybridized carbons (Fsp3) is 0.591. The molecule has 3 aliphatic heterocycles. The molecule has 2 aromatic rings. The molecule has 29 heavy (non-hydrogen) atoms. The Morgan fingerprint density at radius 3 is 2.59 bits per heavy atom. The van der Waals surface area contributed by atoms with E-state index in [1.165, 1.54) is 18.5 Å². The number of benzene rings is 1. The maximum Gasteiger partial charge on any atom is 0.225 e. The lowest BCUT2D eigenvalue weighted by molar-refractivity contribution is -0.133. The van der Waals surface area contributed by atoms with Crippen molar-refractivity contribution in [2.45, 2.75) is 38.2 Å². The quantitative estimate of drug-likeness (QED) is 0.793. The van der Waals surface area contributed by atoms with E-state index in [0.717, 1.165) is 75.4 Å². The van der Waals surface area contributed by atoms with E-state index in [0.29, 0.717) is 6.42 Å². The molecular formula is C22H29N5O2. The van der Waals surface area contributed by atoms with Crippen LogP contribution in [0.15, 0.2) is 24.5 Å². The van der Waals surface area contributed by atoms with Crippen molar-refractivity contribution in [1.82, 2.24) is 14.9 Å². The van der Waals surface area contributed by atoms with Gasteiger partial charge in [-0.25, -0.2) is 9.97 Å². The second kappa shape index (κ2) is 8.14. The first kappa shape index (κ1) is 18.6. The lowest BCUT2D eigenvalue weighted by atomic mass is 10.1. The van der Waals surface area contributed by atoms with Gasteiger partial charge in [-0.1, -0.05) is 0 Å². The summed E-state index contributed by atoms with van der Waals surface area (Å²) < 4.78 is 5.63. The van der Waals surface area contributed by atoms with E-state index in [1.807, 2.05) is 4.90 Å². The molecule has 3 aliphatic rings. The number of piperazine rings is 1. The van der Waals surface area contributed by atoms with Gasteiger partial charge in [0.25, 0.3) is 0 Å². The van der Waals surface area contributed by atoms with Crippen molar-refractivity contribution < 1.29 is 9.53 Å². The van der Waals surface area contributed by atoms with Gasteiger partial charge in [-0.15, -0.1) is 0 Å². The normalized spacial score (nSPS) is 22.6. The van der Waals surface area contributed by atoms with Gasteiger partial charge in [-0.05, 0) is 43.9 Å². The van der Waals surface area contributed by atoms with Crippen molar-refractivity contribution in [1.29, 1.82) is 0 Å². The van der Waals surface area contributed by atoms with Gasteiger partial charge < -0.3 is 19.4 Å². The number of amides is 1. The minimum atomic E-state index is 0.130. The molecule has 3 fully saturated rings. The lowest BCUT2D eigenvalue weighted by Crippen LogP contribution is -2.49. The van der Waals surface area contributed by atoms with Crippen molar-refractivity contribution >= 4 is 28.3 Å². The third-order valence-electron chi connectivity index (χ3n) is 6.43. The van der Waals surface area contributed by atoms with E-state index < -0.39 is 0 Å². The van der Waals surface area contributed by atoms with Gasteiger partial charge in [-0.3, -0.25) is 4.79 Å². The topological polar surface area (TPSA) is 61.8 Å². The fourth-order valence-corrected chi connectivity index (χ4v) is 4.75. The monoisotopic (exact) mass is 395 g/mol. The molecule has 154 valence electrons. The van der Waals surface area contributed by atoms with Gasteiger partial charge in [-0.2, -0.15) is 0 Å². The van der Waals surface area contributed by atoms with Gasteiger partial charge in [0.15, 0.2) is 0 Å². The minimum absolute atomic E-state index is 0.130. The fourth-order valence-electron chi connectivity index (χ4n) is 4.75. The van der Waals surface area contributed by atoms with Crippen LogP contribution in [0.3, 0.4) is 0 Å². The summed E-state index contributed by atoms with van der Waals surface area (Å²) in [6, 6.07) is 6.47. The van der Waals surface area contributed by atoms with Crippen LogP contribution in [0.1, 0.15) is 32.1 Å². The summed E-state index contributed by atoms with van der Waals surface area (Å²) in [5, 5.41) is 1.13. The molecule has 1 aromatic heterocycles. The number of aromatic nitrogens is 2. The van der Waals surface area contributed by atoms with E-state index in [2.05, 4.69) is 38.0 Å². The lowest BCUT2D eigenvalue weighted by Gasteiger charge is -2.36. The number of fused-ring (bicyclic) bond motifs is 1. The summed E-state index contributed by atoms with van der Waals surface area (Å²) in [6.07, 6.45) is 6.90. The van der Waals surface area contributed by atoms with E-state index in [4.69, 9.17) is 4.74 Å². The summed E-state index contributed by atoms with van der Waals surface area (Å²) in [6.45, 7) is 6.20. The average Bonchev–Trinajstić information content (AvgIpc) is 3.47. The molecule has 7 heteroatoms. The number of carbonyl (C=O) groups is 1. The molecule has 1 amide bonds. The average molecular weight is 396 g/mol. The number of ether oxygens (including phenoxy) is 1. The molecule has 4 heterocycles. The highest BCUT2D eigenvalue weighted by Crippen LogP contribution is 2.30. The van der Waals surface area contributed by atoms with Gasteiger partial charge in [0, 0.05) is 56.9 Å². The molecule has 0 N–H and O–H groups in total. The highest BCUT2D eigenvalue weighted by Gasteiger charge is 2.26. The van der Waals surface area contributed by atoms with Crippen LogP contribution in [0.2, 0.25) is 0 Å². The summed E-state index contributed by atoms with van der Waals surface area (Å²) in [4.78, 5) is 28.4. The third-order valence-corrected chi connectivity index (χ3v) is 6.43. The smallest absolute Gasteiger partial charge is 0.225 e. The first-order valence-corrected chi connectivity index (χ1v) is 10.9. The van der Waals surface area contributed by atoms with E-state index in [-0.39, 0.29) is 12.0 Å². The molecular weight excluding hydrogens is 366 g/mol. The van der Waals surface area contributed by atoms with E-state index >= 15 is 0 Å². The molecule has 0 radical (unpaired) electrons. The molecule has 1 aromatic carbocycles. The molecule has 1 unspecified atom stereocenters. The van der Waals surface area contributed by atoms with Crippen LogP contribution in [0.25, 0.3) is 10.9 Å². The van der Waals surface area contributed by atoms with Crippen LogP contribution in [0.4, 0.5) is 11.5 Å². The van der Waals surface area contributed by atoms with Crippen molar-refractivity contribution in [3.05, 3.63) is 24.5 Å². The summed E-state index contributed by atoms with van der Waals surface area (Å²) in [5.41, 5.74) is 2.19. The molecule has 7 nitrogen and oxygen atoms in total. The van der Waals surface area contributed by atoms with Gasteiger partial charge in [0.05, 0.1) is 18.0 Å². The van der Waals surface area contributed by atoms with Crippen LogP contribution >= 0.6 is 0 Å². The molecule has 0 spiro atoms. The van der Waals surface area contributed by atoms with Gasteiger partial charge >= 0.3 is 0 Å². The first-order valence-electron chi connectivity index (χ1n) is 10.9. The number of hydrogen-bond acceptors (Lipinski definition) is 6. The second-order valence-corrected chi connectivity index (χ2v) is 8.30. The Labute approximate surface area is 171 Å². The highest BCUT2D eigenvalue weighted by atomic mass is 16.5. The number of hydrogen-bond donors (Lipinski definition) is 0. The van der Waals surface area contributed by atoms with Gasteiger partial charge in [0.2, 0.25) is 5.91 Å². The third kappa shape index (κ3) is 3.88. The Morgan fingerprint density at radius 1 is 1.00 bits per heavy atom. The molecule has 0 aliphatic carbocycles. The summed E-state index contributed by atoms with van der Waals surface area (Å²) in [5.74, 6) is 1.29. The van der Waals surface area contributed by atoms with Crippen molar-refractivity contribution in [3.8, 4) is 0 Å². The maximum absolute atomic E-state index is 12.6. The molecule has 0 saturated carbocycles. The summed E-state index contributed by atoms with van der Waals surface area (Å²) >= 11 is 0.